The monoisotopic (exact) mass is 483 g/mol. The summed E-state index contributed by atoms with van der Waals surface area (Å²) in [6.07, 6.45) is 1.20. The van der Waals surface area contributed by atoms with Crippen LogP contribution in [0.1, 0.15) is 48.7 Å². The number of hydrogen-bond acceptors (Lipinski definition) is 6. The highest BCUT2D eigenvalue weighted by molar-refractivity contribution is 7.10. The fourth-order valence-electron chi connectivity index (χ4n) is 4.98. The van der Waals surface area contributed by atoms with Crippen molar-refractivity contribution in [1.82, 2.24) is 14.7 Å². The van der Waals surface area contributed by atoms with E-state index in [-0.39, 0.29) is 42.7 Å². The Kier molecular flexibility index (Phi) is 8.00. The molecule has 1 fully saturated rings. The molecule has 0 N–H and O–H groups in total. The number of carbonyl (C=O) groups is 3. The van der Waals surface area contributed by atoms with Crippen LogP contribution in [0.4, 0.5) is 0 Å². The van der Waals surface area contributed by atoms with Crippen LogP contribution in [0.3, 0.4) is 0 Å². The molecule has 0 aliphatic carbocycles. The molecule has 0 bridgehead atoms. The lowest BCUT2D eigenvalue weighted by molar-refractivity contribution is -0.147. The van der Waals surface area contributed by atoms with E-state index in [0.29, 0.717) is 32.8 Å². The Morgan fingerprint density at radius 2 is 1.82 bits per heavy atom. The third kappa shape index (κ3) is 5.50. The minimum absolute atomic E-state index is 0.0576. The highest BCUT2D eigenvalue weighted by Crippen LogP contribution is 2.37. The first-order chi connectivity index (χ1) is 16.5. The quantitative estimate of drug-likeness (QED) is 0.566. The van der Waals surface area contributed by atoms with Crippen LogP contribution >= 0.6 is 11.3 Å². The number of benzene rings is 1. The molecule has 2 amide bonds. The van der Waals surface area contributed by atoms with E-state index >= 15 is 0 Å². The van der Waals surface area contributed by atoms with E-state index in [0.717, 1.165) is 13.0 Å². The summed E-state index contributed by atoms with van der Waals surface area (Å²) < 4.78 is 4.92. The summed E-state index contributed by atoms with van der Waals surface area (Å²) in [4.78, 5) is 44.9. The summed E-state index contributed by atoms with van der Waals surface area (Å²) in [5.41, 5.74) is 2.51. The average Bonchev–Trinajstić information content (AvgIpc) is 3.32. The van der Waals surface area contributed by atoms with Crippen molar-refractivity contribution in [2.75, 3.05) is 39.3 Å². The van der Waals surface area contributed by atoms with Crippen molar-refractivity contribution >= 4 is 29.1 Å². The molecule has 0 radical (unpaired) electrons. The number of ether oxygens (including phenoxy) is 1. The molecule has 8 heteroatoms. The fourth-order valence-corrected chi connectivity index (χ4v) is 5.88. The zero-order valence-corrected chi connectivity index (χ0v) is 20.8. The van der Waals surface area contributed by atoms with Gasteiger partial charge in [-0.1, -0.05) is 30.3 Å². The molecule has 0 spiro atoms. The van der Waals surface area contributed by atoms with Gasteiger partial charge in [0.05, 0.1) is 25.6 Å². The van der Waals surface area contributed by atoms with Crippen LogP contribution in [0, 0.1) is 0 Å². The first-order valence-electron chi connectivity index (χ1n) is 12.1. The van der Waals surface area contributed by atoms with Crippen molar-refractivity contribution in [3.8, 4) is 0 Å². The maximum absolute atomic E-state index is 13.3. The lowest BCUT2D eigenvalue weighted by Crippen LogP contribution is -2.57. The fraction of sp³-hybridized carbons (Fsp3) is 0.500. The van der Waals surface area contributed by atoms with E-state index in [9.17, 15) is 14.4 Å². The van der Waals surface area contributed by atoms with Gasteiger partial charge in [-0.15, -0.1) is 11.3 Å². The van der Waals surface area contributed by atoms with Crippen LogP contribution in [0.5, 0.6) is 0 Å². The van der Waals surface area contributed by atoms with Gasteiger partial charge in [0.2, 0.25) is 11.8 Å². The average molecular weight is 484 g/mol. The number of rotatable bonds is 7. The maximum atomic E-state index is 13.3. The van der Waals surface area contributed by atoms with Crippen LogP contribution in [0.2, 0.25) is 0 Å². The van der Waals surface area contributed by atoms with Crippen LogP contribution in [0.25, 0.3) is 0 Å². The molecule has 0 unspecified atom stereocenters. The molecule has 2 aliphatic heterocycles. The van der Waals surface area contributed by atoms with Crippen molar-refractivity contribution in [2.24, 2.45) is 0 Å². The van der Waals surface area contributed by atoms with E-state index in [1.165, 1.54) is 16.0 Å². The number of thiophene rings is 1. The lowest BCUT2D eigenvalue weighted by Gasteiger charge is -2.42. The largest absolute Gasteiger partial charge is 0.466 e. The Labute approximate surface area is 205 Å². The number of piperazine rings is 1. The molecule has 1 aromatic carbocycles. The van der Waals surface area contributed by atoms with Crippen LogP contribution in [-0.2, 0) is 25.5 Å². The van der Waals surface area contributed by atoms with Crippen molar-refractivity contribution < 1.29 is 19.1 Å². The van der Waals surface area contributed by atoms with Gasteiger partial charge >= 0.3 is 5.97 Å². The summed E-state index contributed by atoms with van der Waals surface area (Å²) >= 11 is 1.80. The van der Waals surface area contributed by atoms with E-state index in [1.54, 1.807) is 23.2 Å². The van der Waals surface area contributed by atoms with Crippen LogP contribution in [0.15, 0.2) is 41.8 Å². The maximum Gasteiger partial charge on any atom is 0.306 e. The van der Waals surface area contributed by atoms with Gasteiger partial charge in [0.1, 0.15) is 0 Å². The summed E-state index contributed by atoms with van der Waals surface area (Å²) in [6.45, 7) is 6.76. The lowest BCUT2D eigenvalue weighted by atomic mass is 9.93. The second kappa shape index (κ2) is 11.1. The first-order valence-corrected chi connectivity index (χ1v) is 12.9. The smallest absolute Gasteiger partial charge is 0.306 e. The van der Waals surface area contributed by atoms with Crippen LogP contribution < -0.4 is 0 Å². The van der Waals surface area contributed by atoms with Crippen molar-refractivity contribution in [1.29, 1.82) is 0 Å². The van der Waals surface area contributed by atoms with E-state index in [4.69, 9.17) is 4.74 Å². The zero-order chi connectivity index (χ0) is 24.1. The molecule has 2 aliphatic rings. The molecule has 182 valence electrons. The predicted molar refractivity (Wildman–Crippen MR) is 132 cm³/mol. The Bertz CT molecular complexity index is 1010. The van der Waals surface area contributed by atoms with Gasteiger partial charge in [-0.3, -0.25) is 19.3 Å². The minimum atomic E-state index is -0.347. The van der Waals surface area contributed by atoms with E-state index < -0.39 is 0 Å². The summed E-state index contributed by atoms with van der Waals surface area (Å²) in [7, 11) is 0. The number of amides is 2. The van der Waals surface area contributed by atoms with E-state index in [2.05, 4.69) is 40.6 Å². The Morgan fingerprint density at radius 1 is 1.03 bits per heavy atom. The van der Waals surface area contributed by atoms with Crippen molar-refractivity contribution in [2.45, 2.75) is 45.2 Å². The van der Waals surface area contributed by atoms with Gasteiger partial charge < -0.3 is 14.5 Å². The SMILES string of the molecule is CCOC(=O)CCC(=O)N1CCN(C(=O)CN2CCc3sccc3[C@H]2c2ccccc2)C[C@H]1C. The number of esters is 1. The molecule has 0 saturated carbocycles. The predicted octanol–water partition coefficient (Wildman–Crippen LogP) is 3.10. The van der Waals surface area contributed by atoms with Crippen molar-refractivity contribution in [3.05, 3.63) is 57.8 Å². The van der Waals surface area contributed by atoms with Gasteiger partial charge in [0.25, 0.3) is 0 Å². The topological polar surface area (TPSA) is 70.2 Å². The molecule has 7 nitrogen and oxygen atoms in total. The molecule has 2 aromatic rings. The number of hydrogen-bond donors (Lipinski definition) is 0. The highest BCUT2D eigenvalue weighted by Gasteiger charge is 2.34. The minimum Gasteiger partial charge on any atom is -0.466 e. The zero-order valence-electron chi connectivity index (χ0n) is 19.9. The third-order valence-electron chi connectivity index (χ3n) is 6.67. The molecule has 4 rings (SSSR count). The Morgan fingerprint density at radius 3 is 2.56 bits per heavy atom. The first kappa shape index (κ1) is 24.4. The molecule has 1 saturated heterocycles. The van der Waals surface area contributed by atoms with Gasteiger partial charge in [0.15, 0.2) is 0 Å². The Balaban J connectivity index is 1.37. The third-order valence-corrected chi connectivity index (χ3v) is 7.66. The van der Waals surface area contributed by atoms with Crippen molar-refractivity contribution in [3.63, 3.8) is 0 Å². The number of nitrogens with zero attached hydrogens (tertiary/aromatic N) is 3. The second-order valence-electron chi connectivity index (χ2n) is 8.91. The molecular weight excluding hydrogens is 450 g/mol. The summed E-state index contributed by atoms with van der Waals surface area (Å²) in [5.74, 6) is -0.302. The number of fused-ring (bicyclic) bond motifs is 1. The van der Waals surface area contributed by atoms with Gasteiger partial charge in [-0.2, -0.15) is 0 Å². The molecule has 2 atom stereocenters. The normalized spacial score (nSPS) is 20.6. The Hall–Kier alpha value is -2.71. The standard InChI is InChI=1S/C26H33N3O4S/c1-3-33-25(32)10-9-23(30)29-15-14-27(17-19(29)2)24(31)18-28-13-11-22-21(12-16-34-22)26(28)20-7-5-4-6-8-20/h4-8,12,16,19,26H,3,9-11,13-15,17-18H2,1-2H3/t19-,26-/m1/s1. The summed E-state index contributed by atoms with van der Waals surface area (Å²) in [5, 5.41) is 2.14. The molecule has 3 heterocycles. The summed E-state index contributed by atoms with van der Waals surface area (Å²) in [6, 6.07) is 12.6. The molecule has 34 heavy (non-hydrogen) atoms. The number of carbonyl (C=O) groups excluding carboxylic acids is 3. The van der Waals surface area contributed by atoms with E-state index in [1.807, 2.05) is 17.9 Å². The second-order valence-corrected chi connectivity index (χ2v) is 9.91. The van der Waals surface area contributed by atoms with Crippen LogP contribution in [-0.4, -0.2) is 77.9 Å². The highest BCUT2D eigenvalue weighted by atomic mass is 32.1. The van der Waals surface area contributed by atoms with Gasteiger partial charge in [0, 0.05) is 43.5 Å². The molecule has 1 aromatic heterocycles. The van der Waals surface area contributed by atoms with Gasteiger partial charge in [-0.05, 0) is 42.8 Å². The molecular formula is C26H33N3O4S. The van der Waals surface area contributed by atoms with Gasteiger partial charge in [-0.25, -0.2) is 0 Å².